The van der Waals surface area contributed by atoms with Crippen LogP contribution in [0, 0.1) is 0 Å². The number of pyridine rings is 1. The first-order valence-electron chi connectivity index (χ1n) is 4.34. The highest BCUT2D eigenvalue weighted by atomic mass is 14.9. The van der Waals surface area contributed by atoms with Gasteiger partial charge in [0.2, 0.25) is 0 Å². The summed E-state index contributed by atoms with van der Waals surface area (Å²) >= 11 is 0. The van der Waals surface area contributed by atoms with Gasteiger partial charge in [0, 0.05) is 6.20 Å². The van der Waals surface area contributed by atoms with Crippen LogP contribution in [0.15, 0.2) is 43.1 Å². The molecule has 0 unspecified atom stereocenters. The molecule has 0 aliphatic carbocycles. The lowest BCUT2D eigenvalue weighted by atomic mass is 10.3. The van der Waals surface area contributed by atoms with Crippen LogP contribution in [-0.4, -0.2) is 15.0 Å². The third kappa shape index (κ3) is 2.26. The van der Waals surface area contributed by atoms with Crippen molar-refractivity contribution in [2.75, 3.05) is 5.32 Å². The van der Waals surface area contributed by atoms with Gasteiger partial charge in [-0.3, -0.25) is 4.98 Å². The second-order valence-electron chi connectivity index (χ2n) is 2.80. The standard InChI is InChI=1S/C10H10N4/c1-2-4-13-9(3-1)7-14-10-5-11-8-12-6-10/h1-6,8,14H,7H2. The number of hydrogen-bond donors (Lipinski definition) is 1. The van der Waals surface area contributed by atoms with E-state index in [0.717, 1.165) is 11.4 Å². The first kappa shape index (κ1) is 8.62. The van der Waals surface area contributed by atoms with E-state index in [0.29, 0.717) is 6.54 Å². The van der Waals surface area contributed by atoms with Gasteiger partial charge in [-0.25, -0.2) is 9.97 Å². The minimum Gasteiger partial charge on any atom is -0.377 e. The molecule has 0 saturated carbocycles. The highest BCUT2D eigenvalue weighted by Crippen LogP contribution is 2.02. The molecule has 1 N–H and O–H groups in total. The lowest BCUT2D eigenvalue weighted by molar-refractivity contribution is 1.03. The van der Waals surface area contributed by atoms with Gasteiger partial charge < -0.3 is 5.32 Å². The lowest BCUT2D eigenvalue weighted by Gasteiger charge is -2.03. The average molecular weight is 186 g/mol. The van der Waals surface area contributed by atoms with Gasteiger partial charge in [-0.15, -0.1) is 0 Å². The number of nitrogens with zero attached hydrogens (tertiary/aromatic N) is 3. The van der Waals surface area contributed by atoms with E-state index < -0.39 is 0 Å². The van der Waals surface area contributed by atoms with Crippen LogP contribution in [0.1, 0.15) is 5.69 Å². The predicted octanol–water partition coefficient (Wildman–Crippen LogP) is 1.48. The minimum absolute atomic E-state index is 0.689. The van der Waals surface area contributed by atoms with Crippen LogP contribution in [0.3, 0.4) is 0 Å². The summed E-state index contributed by atoms with van der Waals surface area (Å²) in [6.07, 6.45) is 6.75. The van der Waals surface area contributed by atoms with Crippen molar-refractivity contribution in [3.05, 3.63) is 48.8 Å². The molecule has 14 heavy (non-hydrogen) atoms. The molecule has 0 atom stereocenters. The van der Waals surface area contributed by atoms with E-state index in [1.807, 2.05) is 18.2 Å². The molecule has 70 valence electrons. The molecule has 0 fully saturated rings. The molecule has 2 rings (SSSR count). The lowest BCUT2D eigenvalue weighted by Crippen LogP contribution is -2.01. The molecule has 0 aromatic carbocycles. The zero-order valence-electron chi connectivity index (χ0n) is 7.59. The molecule has 0 saturated heterocycles. The van der Waals surface area contributed by atoms with Crippen molar-refractivity contribution in [1.29, 1.82) is 0 Å². The van der Waals surface area contributed by atoms with Crippen molar-refractivity contribution in [2.45, 2.75) is 6.54 Å². The van der Waals surface area contributed by atoms with Crippen molar-refractivity contribution < 1.29 is 0 Å². The van der Waals surface area contributed by atoms with E-state index in [9.17, 15) is 0 Å². The minimum atomic E-state index is 0.689. The van der Waals surface area contributed by atoms with Crippen LogP contribution >= 0.6 is 0 Å². The summed E-state index contributed by atoms with van der Waals surface area (Å²) in [4.78, 5) is 12.0. The molecule has 0 aliphatic rings. The third-order valence-corrected chi connectivity index (χ3v) is 1.76. The van der Waals surface area contributed by atoms with E-state index in [1.54, 1.807) is 18.6 Å². The number of anilines is 1. The zero-order chi connectivity index (χ0) is 9.64. The zero-order valence-corrected chi connectivity index (χ0v) is 7.59. The maximum absolute atomic E-state index is 4.19. The van der Waals surface area contributed by atoms with Crippen molar-refractivity contribution in [2.24, 2.45) is 0 Å². The largest absolute Gasteiger partial charge is 0.377 e. The SMILES string of the molecule is c1ccc(CNc2cncnc2)nc1. The molecular formula is C10H10N4. The first-order valence-corrected chi connectivity index (χ1v) is 4.34. The summed E-state index contributed by atoms with van der Waals surface area (Å²) < 4.78 is 0. The molecule has 2 aromatic heterocycles. The van der Waals surface area contributed by atoms with Crippen molar-refractivity contribution >= 4 is 5.69 Å². The van der Waals surface area contributed by atoms with Gasteiger partial charge in [0.25, 0.3) is 0 Å². The van der Waals surface area contributed by atoms with E-state index in [-0.39, 0.29) is 0 Å². The Kier molecular flexibility index (Phi) is 2.66. The van der Waals surface area contributed by atoms with E-state index in [1.165, 1.54) is 6.33 Å². The Hall–Kier alpha value is -1.97. The smallest absolute Gasteiger partial charge is 0.115 e. The van der Waals surface area contributed by atoms with Gasteiger partial charge in [-0.05, 0) is 12.1 Å². The van der Waals surface area contributed by atoms with Crippen molar-refractivity contribution in [3.63, 3.8) is 0 Å². The molecule has 4 heteroatoms. The van der Waals surface area contributed by atoms with Crippen molar-refractivity contribution in [1.82, 2.24) is 15.0 Å². The molecule has 0 aliphatic heterocycles. The van der Waals surface area contributed by atoms with Crippen LogP contribution in [-0.2, 0) is 6.54 Å². The van der Waals surface area contributed by atoms with Gasteiger partial charge >= 0.3 is 0 Å². The van der Waals surface area contributed by atoms with Crippen LogP contribution in [0.2, 0.25) is 0 Å². The number of nitrogens with one attached hydrogen (secondary N) is 1. The monoisotopic (exact) mass is 186 g/mol. The number of aromatic nitrogens is 3. The molecule has 2 heterocycles. The fourth-order valence-electron chi connectivity index (χ4n) is 1.09. The summed E-state index contributed by atoms with van der Waals surface area (Å²) in [5.41, 5.74) is 1.90. The van der Waals surface area contributed by atoms with Crippen LogP contribution < -0.4 is 5.32 Å². The Morgan fingerprint density at radius 2 is 2.00 bits per heavy atom. The number of hydrogen-bond acceptors (Lipinski definition) is 4. The normalized spacial score (nSPS) is 9.71. The summed E-state index contributed by atoms with van der Waals surface area (Å²) in [5, 5.41) is 3.17. The summed E-state index contributed by atoms with van der Waals surface area (Å²) in [6, 6.07) is 5.83. The Labute approximate surface area is 82.1 Å². The second-order valence-corrected chi connectivity index (χ2v) is 2.80. The summed E-state index contributed by atoms with van der Waals surface area (Å²) in [7, 11) is 0. The number of rotatable bonds is 3. The van der Waals surface area contributed by atoms with Crippen LogP contribution in [0.25, 0.3) is 0 Å². The Balaban J connectivity index is 1.96. The topological polar surface area (TPSA) is 50.7 Å². The summed E-state index contributed by atoms with van der Waals surface area (Å²) in [5.74, 6) is 0. The quantitative estimate of drug-likeness (QED) is 0.788. The summed E-state index contributed by atoms with van der Waals surface area (Å²) in [6.45, 7) is 0.689. The van der Waals surface area contributed by atoms with E-state index >= 15 is 0 Å². The van der Waals surface area contributed by atoms with Crippen LogP contribution in [0.4, 0.5) is 5.69 Å². The maximum atomic E-state index is 4.19. The second kappa shape index (κ2) is 4.32. The molecular weight excluding hydrogens is 176 g/mol. The van der Waals surface area contributed by atoms with Gasteiger partial charge in [-0.1, -0.05) is 6.07 Å². The van der Waals surface area contributed by atoms with E-state index in [2.05, 4.69) is 20.3 Å². The molecule has 0 amide bonds. The Morgan fingerprint density at radius 1 is 1.14 bits per heavy atom. The highest BCUT2D eigenvalue weighted by Gasteiger charge is 1.93. The van der Waals surface area contributed by atoms with Gasteiger partial charge in [0.1, 0.15) is 6.33 Å². The van der Waals surface area contributed by atoms with Crippen molar-refractivity contribution in [3.8, 4) is 0 Å². The predicted molar refractivity (Wildman–Crippen MR) is 53.6 cm³/mol. The molecule has 0 radical (unpaired) electrons. The maximum Gasteiger partial charge on any atom is 0.115 e. The fourth-order valence-corrected chi connectivity index (χ4v) is 1.09. The van der Waals surface area contributed by atoms with Gasteiger partial charge in [0.05, 0.1) is 30.3 Å². The molecule has 2 aromatic rings. The average Bonchev–Trinajstić information content (AvgIpc) is 2.29. The third-order valence-electron chi connectivity index (χ3n) is 1.76. The molecule has 0 spiro atoms. The fraction of sp³-hybridized carbons (Fsp3) is 0.100. The van der Waals surface area contributed by atoms with Crippen LogP contribution in [0.5, 0.6) is 0 Å². The Morgan fingerprint density at radius 3 is 2.71 bits per heavy atom. The first-order chi connectivity index (χ1) is 6.95. The molecule has 0 bridgehead atoms. The molecule has 4 nitrogen and oxygen atoms in total. The Bertz CT molecular complexity index is 334. The van der Waals surface area contributed by atoms with E-state index in [4.69, 9.17) is 0 Å². The highest BCUT2D eigenvalue weighted by molar-refractivity contribution is 5.37. The van der Waals surface area contributed by atoms with Gasteiger partial charge in [0.15, 0.2) is 0 Å². The van der Waals surface area contributed by atoms with Gasteiger partial charge in [-0.2, -0.15) is 0 Å².